The standard InChI is InChI=1S/C18H21N3O3S/c1-12-5-3-4-6-15(12)17-19-9-14(25-17)10-20-7-8-21(11-16(22)23)18(24)13(20)2/h3-6,9,13H,7-8,10-11H2,1-2H3,(H,22,23). The number of hydrogen-bond acceptors (Lipinski definition) is 5. The molecule has 1 fully saturated rings. The van der Waals surface area contributed by atoms with Crippen LogP contribution in [0.3, 0.4) is 0 Å². The number of thiazole rings is 1. The van der Waals surface area contributed by atoms with Crippen molar-refractivity contribution in [2.75, 3.05) is 19.6 Å². The first kappa shape index (κ1) is 17.6. The molecular weight excluding hydrogens is 338 g/mol. The first-order chi connectivity index (χ1) is 12.0. The largest absolute Gasteiger partial charge is 0.480 e. The van der Waals surface area contributed by atoms with E-state index < -0.39 is 5.97 Å². The van der Waals surface area contributed by atoms with E-state index in [1.165, 1.54) is 10.5 Å². The minimum atomic E-state index is -0.973. The smallest absolute Gasteiger partial charge is 0.323 e. The average Bonchev–Trinajstić information content (AvgIpc) is 3.03. The lowest BCUT2D eigenvalue weighted by atomic mass is 10.1. The minimum absolute atomic E-state index is 0.128. The normalized spacial score (nSPS) is 18.6. The van der Waals surface area contributed by atoms with Crippen molar-refractivity contribution in [1.29, 1.82) is 0 Å². The van der Waals surface area contributed by atoms with Crippen molar-refractivity contribution in [2.24, 2.45) is 0 Å². The zero-order valence-corrected chi connectivity index (χ0v) is 15.1. The van der Waals surface area contributed by atoms with Gasteiger partial charge in [0.15, 0.2) is 0 Å². The summed E-state index contributed by atoms with van der Waals surface area (Å²) in [5.41, 5.74) is 2.32. The van der Waals surface area contributed by atoms with Crippen molar-refractivity contribution in [3.05, 3.63) is 40.9 Å². The molecule has 1 atom stereocenters. The van der Waals surface area contributed by atoms with Crippen molar-refractivity contribution >= 4 is 23.2 Å². The van der Waals surface area contributed by atoms with Crippen LogP contribution in [0.1, 0.15) is 17.4 Å². The molecule has 7 heteroatoms. The number of benzene rings is 1. The Balaban J connectivity index is 1.69. The van der Waals surface area contributed by atoms with Crippen molar-refractivity contribution in [1.82, 2.24) is 14.8 Å². The van der Waals surface area contributed by atoms with Gasteiger partial charge in [0.2, 0.25) is 5.91 Å². The summed E-state index contributed by atoms with van der Waals surface area (Å²) in [5, 5.41) is 9.87. The molecule has 1 aromatic heterocycles. The summed E-state index contributed by atoms with van der Waals surface area (Å²) in [6, 6.07) is 7.83. The fourth-order valence-electron chi connectivity index (χ4n) is 3.03. The van der Waals surface area contributed by atoms with Gasteiger partial charge in [0.25, 0.3) is 0 Å². The fourth-order valence-corrected chi connectivity index (χ4v) is 4.06. The lowest BCUT2D eigenvalue weighted by Gasteiger charge is -2.38. The first-order valence-corrected chi connectivity index (χ1v) is 9.02. The highest BCUT2D eigenvalue weighted by molar-refractivity contribution is 7.15. The van der Waals surface area contributed by atoms with Crippen LogP contribution in [-0.2, 0) is 16.1 Å². The van der Waals surface area contributed by atoms with Crippen molar-refractivity contribution in [3.63, 3.8) is 0 Å². The number of rotatable bonds is 5. The van der Waals surface area contributed by atoms with E-state index in [0.717, 1.165) is 15.4 Å². The maximum Gasteiger partial charge on any atom is 0.323 e. The lowest BCUT2D eigenvalue weighted by Crippen LogP contribution is -2.56. The van der Waals surface area contributed by atoms with Gasteiger partial charge in [-0.1, -0.05) is 24.3 Å². The van der Waals surface area contributed by atoms with Gasteiger partial charge in [-0.25, -0.2) is 4.98 Å². The van der Waals surface area contributed by atoms with E-state index >= 15 is 0 Å². The number of carboxylic acids is 1. The summed E-state index contributed by atoms with van der Waals surface area (Å²) < 4.78 is 0. The van der Waals surface area contributed by atoms with Crippen LogP contribution < -0.4 is 0 Å². The number of amides is 1. The van der Waals surface area contributed by atoms with E-state index in [1.807, 2.05) is 25.3 Å². The van der Waals surface area contributed by atoms with Gasteiger partial charge in [-0.3, -0.25) is 14.5 Å². The molecule has 2 aromatic rings. The Labute approximate surface area is 150 Å². The Hall–Kier alpha value is -2.25. The lowest BCUT2D eigenvalue weighted by molar-refractivity contribution is -0.150. The minimum Gasteiger partial charge on any atom is -0.480 e. The van der Waals surface area contributed by atoms with Gasteiger partial charge in [-0.2, -0.15) is 0 Å². The molecule has 1 aromatic carbocycles. The molecule has 25 heavy (non-hydrogen) atoms. The molecule has 1 aliphatic heterocycles. The van der Waals surface area contributed by atoms with Gasteiger partial charge in [0.05, 0.1) is 6.04 Å². The van der Waals surface area contributed by atoms with Crippen LogP contribution in [-0.4, -0.2) is 57.4 Å². The molecule has 1 aliphatic rings. The second-order valence-electron chi connectivity index (χ2n) is 6.25. The molecule has 1 amide bonds. The van der Waals surface area contributed by atoms with Crippen LogP contribution in [0.15, 0.2) is 30.5 Å². The Morgan fingerprint density at radius 2 is 2.12 bits per heavy atom. The Kier molecular flexibility index (Phi) is 5.15. The quantitative estimate of drug-likeness (QED) is 0.886. The highest BCUT2D eigenvalue weighted by Crippen LogP contribution is 2.29. The predicted molar refractivity (Wildman–Crippen MR) is 96.4 cm³/mol. The van der Waals surface area contributed by atoms with Gasteiger partial charge in [-0.05, 0) is 19.4 Å². The number of carbonyl (C=O) groups is 2. The molecule has 0 bridgehead atoms. The zero-order chi connectivity index (χ0) is 18.0. The van der Waals surface area contributed by atoms with Crippen molar-refractivity contribution in [2.45, 2.75) is 26.4 Å². The number of nitrogens with zero attached hydrogens (tertiary/aromatic N) is 3. The molecular formula is C18H21N3O3S. The highest BCUT2D eigenvalue weighted by atomic mass is 32.1. The van der Waals surface area contributed by atoms with E-state index in [0.29, 0.717) is 19.6 Å². The zero-order valence-electron chi connectivity index (χ0n) is 14.3. The van der Waals surface area contributed by atoms with E-state index in [-0.39, 0.29) is 18.5 Å². The third-order valence-electron chi connectivity index (χ3n) is 4.49. The number of aryl methyl sites for hydroxylation is 1. The average molecular weight is 359 g/mol. The van der Waals surface area contributed by atoms with Crippen LogP contribution >= 0.6 is 11.3 Å². The van der Waals surface area contributed by atoms with Gasteiger partial charge >= 0.3 is 5.97 Å². The first-order valence-electron chi connectivity index (χ1n) is 8.21. The second-order valence-corrected chi connectivity index (χ2v) is 7.36. The van der Waals surface area contributed by atoms with Gasteiger partial charge in [0.1, 0.15) is 11.6 Å². The SMILES string of the molecule is Cc1ccccc1-c1ncc(CN2CCN(CC(=O)O)C(=O)C2C)s1. The Morgan fingerprint density at radius 3 is 2.84 bits per heavy atom. The van der Waals surface area contributed by atoms with Crippen LogP contribution in [0, 0.1) is 6.92 Å². The van der Waals surface area contributed by atoms with E-state index in [2.05, 4.69) is 28.9 Å². The molecule has 0 spiro atoms. The summed E-state index contributed by atoms with van der Waals surface area (Å²) in [4.78, 5) is 32.3. The predicted octanol–water partition coefficient (Wildman–Crippen LogP) is 2.24. The topological polar surface area (TPSA) is 73.7 Å². The molecule has 2 heterocycles. The van der Waals surface area contributed by atoms with Gasteiger partial charge in [-0.15, -0.1) is 11.3 Å². The Bertz CT molecular complexity index is 789. The number of piperazine rings is 1. The summed E-state index contributed by atoms with van der Waals surface area (Å²) in [6.45, 7) is 5.43. The second kappa shape index (κ2) is 7.33. The van der Waals surface area contributed by atoms with Gasteiger partial charge < -0.3 is 10.0 Å². The molecule has 0 aliphatic carbocycles. The Morgan fingerprint density at radius 1 is 1.36 bits per heavy atom. The molecule has 0 radical (unpaired) electrons. The number of aromatic nitrogens is 1. The number of carboxylic acid groups (broad SMARTS) is 1. The fraction of sp³-hybridized carbons (Fsp3) is 0.389. The van der Waals surface area contributed by atoms with Crippen molar-refractivity contribution in [3.8, 4) is 10.6 Å². The number of carbonyl (C=O) groups excluding carboxylic acids is 1. The molecule has 132 valence electrons. The third-order valence-corrected chi connectivity index (χ3v) is 5.50. The van der Waals surface area contributed by atoms with E-state index in [1.54, 1.807) is 11.3 Å². The summed E-state index contributed by atoms with van der Waals surface area (Å²) in [5.74, 6) is -1.10. The maximum absolute atomic E-state index is 12.3. The van der Waals surface area contributed by atoms with Crippen molar-refractivity contribution < 1.29 is 14.7 Å². The molecule has 1 unspecified atom stereocenters. The third kappa shape index (κ3) is 3.88. The number of aliphatic carboxylic acids is 1. The molecule has 1 saturated heterocycles. The monoisotopic (exact) mass is 359 g/mol. The van der Waals surface area contributed by atoms with Crippen LogP contribution in [0.5, 0.6) is 0 Å². The molecule has 0 saturated carbocycles. The summed E-state index contributed by atoms with van der Waals surface area (Å²) in [7, 11) is 0. The summed E-state index contributed by atoms with van der Waals surface area (Å²) in [6.07, 6.45) is 1.87. The summed E-state index contributed by atoms with van der Waals surface area (Å²) >= 11 is 1.64. The maximum atomic E-state index is 12.3. The molecule has 1 N–H and O–H groups in total. The molecule has 6 nitrogen and oxygen atoms in total. The van der Waals surface area contributed by atoms with Crippen LogP contribution in [0.4, 0.5) is 0 Å². The molecule has 3 rings (SSSR count). The van der Waals surface area contributed by atoms with Gasteiger partial charge in [0, 0.05) is 36.3 Å². The van der Waals surface area contributed by atoms with Crippen LogP contribution in [0.25, 0.3) is 10.6 Å². The highest BCUT2D eigenvalue weighted by Gasteiger charge is 2.32. The van der Waals surface area contributed by atoms with E-state index in [4.69, 9.17) is 5.11 Å². The van der Waals surface area contributed by atoms with E-state index in [9.17, 15) is 9.59 Å². The van der Waals surface area contributed by atoms with Crippen LogP contribution in [0.2, 0.25) is 0 Å². The number of hydrogen-bond donors (Lipinski definition) is 1.